The molecule has 1 rings (SSSR count). The second-order valence-electron chi connectivity index (χ2n) is 4.71. The van der Waals surface area contributed by atoms with Crippen LogP contribution in [0, 0.1) is 0 Å². The summed E-state index contributed by atoms with van der Waals surface area (Å²) in [6, 6.07) is 5.42. The molecule has 1 unspecified atom stereocenters. The molecule has 1 aromatic rings. The number of hydrogen-bond acceptors (Lipinski definition) is 4. The molecule has 1 N–H and O–H groups in total. The van der Waals surface area contributed by atoms with Gasteiger partial charge in [-0.2, -0.15) is 0 Å². The van der Waals surface area contributed by atoms with E-state index in [0.717, 1.165) is 5.56 Å². The summed E-state index contributed by atoms with van der Waals surface area (Å²) in [7, 11) is 3.17. The minimum Gasteiger partial charge on any atom is -0.493 e. The number of nitrogens with one attached hydrogen (secondary N) is 1. The monoisotopic (exact) mass is 305 g/mol. The molecule has 22 heavy (non-hydrogen) atoms. The lowest BCUT2D eigenvalue weighted by Gasteiger charge is -2.11. The Kier molecular flexibility index (Phi) is 7.78. The van der Waals surface area contributed by atoms with Crippen LogP contribution in [0.5, 0.6) is 11.5 Å². The Morgan fingerprint density at radius 1 is 1.36 bits per heavy atom. The van der Waals surface area contributed by atoms with Gasteiger partial charge in [-0.05, 0) is 30.7 Å². The van der Waals surface area contributed by atoms with Crippen LogP contribution in [0.15, 0.2) is 36.9 Å². The third-order valence-corrected chi connectivity index (χ3v) is 2.78. The number of ether oxygens (including phenoxy) is 3. The van der Waals surface area contributed by atoms with Crippen LogP contribution in [0.3, 0.4) is 0 Å². The van der Waals surface area contributed by atoms with Crippen LogP contribution >= 0.6 is 0 Å². The SMILES string of the molecule is C=CCOc1ccc(/C=C/C(=O)NC(C)COC)cc1OC. The van der Waals surface area contributed by atoms with Crippen LogP contribution in [-0.2, 0) is 9.53 Å². The van der Waals surface area contributed by atoms with E-state index in [2.05, 4.69) is 11.9 Å². The van der Waals surface area contributed by atoms with Crippen molar-refractivity contribution in [3.05, 3.63) is 42.5 Å². The molecule has 0 saturated carbocycles. The van der Waals surface area contributed by atoms with Crippen molar-refractivity contribution >= 4 is 12.0 Å². The Morgan fingerprint density at radius 3 is 2.77 bits per heavy atom. The zero-order valence-corrected chi connectivity index (χ0v) is 13.3. The van der Waals surface area contributed by atoms with Crippen molar-refractivity contribution < 1.29 is 19.0 Å². The standard InChI is InChI=1S/C17H23NO4/c1-5-10-22-15-8-6-14(11-16(15)21-4)7-9-17(19)18-13(2)12-20-3/h5-9,11,13H,1,10,12H2,2-4H3,(H,18,19)/b9-7+. The first-order valence-electron chi connectivity index (χ1n) is 7.00. The summed E-state index contributed by atoms with van der Waals surface area (Å²) in [5.74, 6) is 1.07. The van der Waals surface area contributed by atoms with Gasteiger partial charge in [0.25, 0.3) is 0 Å². The summed E-state index contributed by atoms with van der Waals surface area (Å²) in [5.41, 5.74) is 0.845. The molecule has 0 aromatic heterocycles. The Labute approximate surface area is 131 Å². The molecule has 0 aliphatic heterocycles. The fraction of sp³-hybridized carbons (Fsp3) is 0.353. The summed E-state index contributed by atoms with van der Waals surface area (Å²) in [6.07, 6.45) is 4.86. The smallest absolute Gasteiger partial charge is 0.244 e. The van der Waals surface area contributed by atoms with Crippen LogP contribution in [0.4, 0.5) is 0 Å². The first kappa shape index (κ1) is 17.8. The van der Waals surface area contributed by atoms with Crippen molar-refractivity contribution in [3.8, 4) is 11.5 Å². The van der Waals surface area contributed by atoms with Crippen molar-refractivity contribution in [1.29, 1.82) is 0 Å². The highest BCUT2D eigenvalue weighted by atomic mass is 16.5. The third kappa shape index (κ3) is 6.01. The fourth-order valence-electron chi connectivity index (χ4n) is 1.81. The topological polar surface area (TPSA) is 56.8 Å². The quantitative estimate of drug-likeness (QED) is 0.562. The average Bonchev–Trinajstić information content (AvgIpc) is 2.51. The van der Waals surface area contributed by atoms with Gasteiger partial charge in [0.2, 0.25) is 5.91 Å². The highest BCUT2D eigenvalue weighted by Gasteiger charge is 2.06. The molecule has 0 fully saturated rings. The Balaban J connectivity index is 2.70. The molecule has 0 saturated heterocycles. The van der Waals surface area contributed by atoms with E-state index in [9.17, 15) is 4.79 Å². The molecule has 5 heteroatoms. The maximum Gasteiger partial charge on any atom is 0.244 e. The first-order valence-corrected chi connectivity index (χ1v) is 7.00. The van der Waals surface area contributed by atoms with Crippen molar-refractivity contribution in [2.24, 2.45) is 0 Å². The Hall–Kier alpha value is -2.27. The first-order chi connectivity index (χ1) is 10.6. The van der Waals surface area contributed by atoms with Gasteiger partial charge >= 0.3 is 0 Å². The molecule has 1 aromatic carbocycles. The average molecular weight is 305 g/mol. The second-order valence-corrected chi connectivity index (χ2v) is 4.71. The lowest BCUT2D eigenvalue weighted by molar-refractivity contribution is -0.117. The van der Waals surface area contributed by atoms with E-state index in [4.69, 9.17) is 14.2 Å². The van der Waals surface area contributed by atoms with Crippen molar-refractivity contribution in [2.45, 2.75) is 13.0 Å². The summed E-state index contributed by atoms with van der Waals surface area (Å²) < 4.78 is 15.7. The van der Waals surface area contributed by atoms with Gasteiger partial charge in [0.1, 0.15) is 6.61 Å². The van der Waals surface area contributed by atoms with Crippen molar-refractivity contribution in [1.82, 2.24) is 5.32 Å². The van der Waals surface area contributed by atoms with Crippen LogP contribution in [0.2, 0.25) is 0 Å². The zero-order chi connectivity index (χ0) is 16.4. The van der Waals surface area contributed by atoms with Crippen LogP contribution in [0.1, 0.15) is 12.5 Å². The van der Waals surface area contributed by atoms with Crippen LogP contribution < -0.4 is 14.8 Å². The molecule has 0 aliphatic rings. The Morgan fingerprint density at radius 2 is 2.14 bits per heavy atom. The maximum absolute atomic E-state index is 11.7. The van der Waals surface area contributed by atoms with E-state index in [1.807, 2.05) is 13.0 Å². The maximum atomic E-state index is 11.7. The number of methoxy groups -OCH3 is 2. The molecule has 0 heterocycles. The highest BCUT2D eigenvalue weighted by Crippen LogP contribution is 2.28. The van der Waals surface area contributed by atoms with E-state index in [0.29, 0.717) is 24.7 Å². The molecular formula is C17H23NO4. The minimum atomic E-state index is -0.171. The largest absolute Gasteiger partial charge is 0.493 e. The molecule has 0 spiro atoms. The molecule has 0 radical (unpaired) electrons. The second kappa shape index (κ2) is 9.63. The third-order valence-electron chi connectivity index (χ3n) is 2.78. The molecule has 5 nitrogen and oxygen atoms in total. The van der Waals surface area contributed by atoms with Crippen molar-refractivity contribution in [2.75, 3.05) is 27.4 Å². The van der Waals surface area contributed by atoms with E-state index < -0.39 is 0 Å². The Bertz CT molecular complexity index is 525. The van der Waals surface area contributed by atoms with Gasteiger partial charge in [-0.3, -0.25) is 4.79 Å². The van der Waals surface area contributed by atoms with E-state index in [1.165, 1.54) is 6.08 Å². The molecule has 1 atom stereocenters. The van der Waals surface area contributed by atoms with E-state index >= 15 is 0 Å². The van der Waals surface area contributed by atoms with E-state index in [1.54, 1.807) is 38.5 Å². The summed E-state index contributed by atoms with van der Waals surface area (Å²) >= 11 is 0. The van der Waals surface area contributed by atoms with Crippen molar-refractivity contribution in [3.63, 3.8) is 0 Å². The summed E-state index contributed by atoms with van der Waals surface area (Å²) in [4.78, 5) is 11.7. The van der Waals surface area contributed by atoms with Gasteiger partial charge in [-0.1, -0.05) is 18.7 Å². The lowest BCUT2D eigenvalue weighted by Crippen LogP contribution is -2.34. The van der Waals surface area contributed by atoms with Gasteiger partial charge < -0.3 is 19.5 Å². The van der Waals surface area contributed by atoms with Gasteiger partial charge in [-0.25, -0.2) is 0 Å². The number of rotatable bonds is 9. The molecule has 0 aliphatic carbocycles. The van der Waals surface area contributed by atoms with Gasteiger partial charge in [-0.15, -0.1) is 0 Å². The fourth-order valence-corrected chi connectivity index (χ4v) is 1.81. The number of amides is 1. The van der Waals surface area contributed by atoms with Gasteiger partial charge in [0, 0.05) is 19.2 Å². The normalized spacial score (nSPS) is 12.0. The zero-order valence-electron chi connectivity index (χ0n) is 13.3. The highest BCUT2D eigenvalue weighted by molar-refractivity contribution is 5.92. The number of hydrogen-bond donors (Lipinski definition) is 1. The summed E-state index contributed by atoms with van der Waals surface area (Å²) in [6.45, 7) is 6.37. The molecule has 0 bridgehead atoms. The van der Waals surface area contributed by atoms with Crippen LogP contribution in [-0.4, -0.2) is 39.4 Å². The molecule has 1 amide bonds. The van der Waals surface area contributed by atoms with E-state index in [-0.39, 0.29) is 11.9 Å². The number of carbonyl (C=O) groups is 1. The lowest BCUT2D eigenvalue weighted by atomic mass is 10.2. The van der Waals surface area contributed by atoms with Crippen LogP contribution in [0.25, 0.3) is 6.08 Å². The van der Waals surface area contributed by atoms with Gasteiger partial charge in [0.05, 0.1) is 13.7 Å². The molecule has 120 valence electrons. The predicted octanol–water partition coefficient (Wildman–Crippen LogP) is 2.42. The predicted molar refractivity (Wildman–Crippen MR) is 87.2 cm³/mol. The number of benzene rings is 1. The van der Waals surface area contributed by atoms with Gasteiger partial charge in [0.15, 0.2) is 11.5 Å². The summed E-state index contributed by atoms with van der Waals surface area (Å²) in [5, 5.41) is 2.80. The molecular weight excluding hydrogens is 282 g/mol. The minimum absolute atomic E-state index is 0.0358. The number of carbonyl (C=O) groups excluding carboxylic acids is 1.